The van der Waals surface area contributed by atoms with Crippen molar-refractivity contribution >= 4 is 29.2 Å². The van der Waals surface area contributed by atoms with Gasteiger partial charge in [0.2, 0.25) is 0 Å². The first kappa shape index (κ1) is 28.1. The van der Waals surface area contributed by atoms with Crippen molar-refractivity contribution in [1.82, 2.24) is 14.5 Å². The van der Waals surface area contributed by atoms with E-state index in [9.17, 15) is 15.2 Å². The van der Waals surface area contributed by atoms with Crippen LogP contribution in [0.4, 0.5) is 5.69 Å². The van der Waals surface area contributed by atoms with Crippen LogP contribution in [0.15, 0.2) is 30.5 Å². The molecule has 1 aromatic carbocycles. The predicted molar refractivity (Wildman–Crippen MR) is 157 cm³/mol. The highest BCUT2D eigenvalue weighted by molar-refractivity contribution is 6.58. The summed E-state index contributed by atoms with van der Waals surface area (Å²) in [4.78, 5) is 10.0. The number of anilines is 1. The molecule has 3 aromatic rings. The molecule has 1 aliphatic heterocycles. The standard InChI is InChI=1S/C30H43BN4O4/c1-6-35-27-10-7-21(31(37)38)15-24(27)26(17-30(3,4)19-36)29(35)25-16-23(18-32-28(25)20(2)39-5)34-13-11-33(12-14-34)22-8-9-22/h7,10,15-16,18,20,22,36-38H,6,8-9,11-14,17,19H2,1-5H3/t20-/m0/s1. The van der Waals surface area contributed by atoms with Crippen LogP contribution in [0.5, 0.6) is 0 Å². The van der Waals surface area contributed by atoms with Crippen LogP contribution in [0.2, 0.25) is 0 Å². The minimum atomic E-state index is -1.55. The van der Waals surface area contributed by atoms with E-state index in [0.29, 0.717) is 11.9 Å². The smallest absolute Gasteiger partial charge is 0.423 e. The number of piperazine rings is 1. The Labute approximate surface area is 232 Å². The fourth-order valence-electron chi connectivity index (χ4n) is 6.00. The van der Waals surface area contributed by atoms with Crippen LogP contribution in [0, 0.1) is 5.41 Å². The van der Waals surface area contributed by atoms with Gasteiger partial charge in [-0.1, -0.05) is 26.0 Å². The summed E-state index contributed by atoms with van der Waals surface area (Å²) in [6.45, 7) is 13.2. The van der Waals surface area contributed by atoms with Crippen LogP contribution >= 0.6 is 0 Å². The summed E-state index contributed by atoms with van der Waals surface area (Å²) < 4.78 is 8.09. The second kappa shape index (κ2) is 11.2. The van der Waals surface area contributed by atoms with Crippen molar-refractivity contribution in [3.8, 4) is 11.3 Å². The molecule has 3 N–H and O–H groups in total. The monoisotopic (exact) mass is 534 g/mol. The molecular formula is C30H43BN4O4. The van der Waals surface area contributed by atoms with Gasteiger partial charge in [0, 0.05) is 68.9 Å². The molecule has 0 amide bonds. The predicted octanol–water partition coefficient (Wildman–Crippen LogP) is 2.96. The summed E-state index contributed by atoms with van der Waals surface area (Å²) in [7, 11) is 0.159. The summed E-state index contributed by atoms with van der Waals surface area (Å²) in [5.74, 6) is 0. The largest absolute Gasteiger partial charge is 0.488 e. The van der Waals surface area contributed by atoms with Crippen LogP contribution in [-0.4, -0.2) is 82.7 Å². The van der Waals surface area contributed by atoms with Gasteiger partial charge in [-0.25, -0.2) is 0 Å². The van der Waals surface area contributed by atoms with Crippen LogP contribution in [0.3, 0.4) is 0 Å². The van der Waals surface area contributed by atoms with Gasteiger partial charge in [-0.2, -0.15) is 0 Å². The van der Waals surface area contributed by atoms with Crippen molar-refractivity contribution in [3.05, 3.63) is 41.7 Å². The number of nitrogens with zero attached hydrogens (tertiary/aromatic N) is 4. The lowest BCUT2D eigenvalue weighted by Gasteiger charge is -2.36. The van der Waals surface area contributed by atoms with Gasteiger partial charge < -0.3 is 29.4 Å². The van der Waals surface area contributed by atoms with Crippen molar-refractivity contribution in [2.75, 3.05) is 44.8 Å². The molecule has 210 valence electrons. The number of aliphatic hydroxyl groups is 1. The summed E-state index contributed by atoms with van der Waals surface area (Å²) in [6.07, 6.45) is 5.06. The number of aryl methyl sites for hydroxylation is 1. The van der Waals surface area contributed by atoms with E-state index in [4.69, 9.17) is 9.72 Å². The van der Waals surface area contributed by atoms with Crippen molar-refractivity contribution in [2.24, 2.45) is 5.41 Å². The summed E-state index contributed by atoms with van der Waals surface area (Å²) in [5.41, 5.74) is 6.27. The van der Waals surface area contributed by atoms with E-state index in [-0.39, 0.29) is 18.1 Å². The van der Waals surface area contributed by atoms with Crippen LogP contribution < -0.4 is 10.4 Å². The lowest BCUT2D eigenvalue weighted by molar-refractivity contribution is 0.116. The Kier molecular flexibility index (Phi) is 8.09. The third-order valence-corrected chi connectivity index (χ3v) is 8.53. The second-order valence-electron chi connectivity index (χ2n) is 12.0. The first-order valence-electron chi connectivity index (χ1n) is 14.3. The normalized spacial score (nSPS) is 17.7. The number of ether oxygens (including phenoxy) is 1. The molecule has 0 spiro atoms. The van der Waals surface area contributed by atoms with Crippen LogP contribution in [-0.2, 0) is 17.7 Å². The van der Waals surface area contributed by atoms with Crippen LogP contribution in [0.1, 0.15) is 57.9 Å². The Morgan fingerprint density at radius 3 is 2.44 bits per heavy atom. The number of aromatic nitrogens is 2. The maximum absolute atomic E-state index is 10.2. The SMILES string of the molecule is CCn1c(-c2cc(N3CCN(C4CC4)CC3)cnc2[C@H](C)OC)c(CC(C)(C)CO)c2cc(B(O)O)ccc21. The molecule has 1 saturated carbocycles. The third-order valence-electron chi connectivity index (χ3n) is 8.53. The fourth-order valence-corrected chi connectivity index (χ4v) is 6.00. The van der Waals surface area contributed by atoms with Gasteiger partial charge >= 0.3 is 7.12 Å². The van der Waals surface area contributed by atoms with E-state index < -0.39 is 7.12 Å². The Morgan fingerprint density at radius 2 is 1.85 bits per heavy atom. The maximum Gasteiger partial charge on any atom is 0.488 e. The van der Waals surface area contributed by atoms with Gasteiger partial charge in [0.05, 0.1) is 29.4 Å². The molecule has 2 fully saturated rings. The van der Waals surface area contributed by atoms with E-state index in [1.54, 1.807) is 13.2 Å². The molecule has 8 nitrogen and oxygen atoms in total. The molecule has 0 unspecified atom stereocenters. The van der Waals surface area contributed by atoms with E-state index in [0.717, 1.165) is 77.9 Å². The number of benzene rings is 1. The van der Waals surface area contributed by atoms with E-state index in [2.05, 4.69) is 41.2 Å². The van der Waals surface area contributed by atoms with Crippen molar-refractivity contribution in [1.29, 1.82) is 0 Å². The second-order valence-corrected chi connectivity index (χ2v) is 12.0. The van der Waals surface area contributed by atoms with E-state index >= 15 is 0 Å². The molecule has 39 heavy (non-hydrogen) atoms. The highest BCUT2D eigenvalue weighted by atomic mass is 16.5. The average Bonchev–Trinajstić information content (AvgIpc) is 3.75. The zero-order chi connectivity index (χ0) is 27.9. The lowest BCUT2D eigenvalue weighted by Crippen LogP contribution is -2.47. The molecule has 2 aliphatic rings. The quantitative estimate of drug-likeness (QED) is 0.345. The number of methoxy groups -OCH3 is 1. The maximum atomic E-state index is 10.2. The van der Waals surface area contributed by atoms with Gasteiger partial charge in [-0.3, -0.25) is 9.88 Å². The van der Waals surface area contributed by atoms with Gasteiger partial charge in [0.1, 0.15) is 0 Å². The Balaban J connectivity index is 1.69. The molecule has 0 bridgehead atoms. The fraction of sp³-hybridized carbons (Fsp3) is 0.567. The topological polar surface area (TPSA) is 94.2 Å². The summed E-state index contributed by atoms with van der Waals surface area (Å²) in [5, 5.41) is 31.1. The molecule has 5 rings (SSSR count). The minimum absolute atomic E-state index is 0.0401. The highest BCUT2D eigenvalue weighted by Crippen LogP contribution is 2.41. The number of aliphatic hydroxyl groups excluding tert-OH is 1. The Bertz CT molecular complexity index is 1310. The van der Waals surface area contributed by atoms with Gasteiger partial charge in [-0.15, -0.1) is 0 Å². The first-order valence-corrected chi connectivity index (χ1v) is 14.3. The third kappa shape index (κ3) is 5.61. The molecule has 1 aliphatic carbocycles. The molecule has 0 radical (unpaired) electrons. The van der Waals surface area contributed by atoms with E-state index in [1.165, 1.54) is 12.8 Å². The van der Waals surface area contributed by atoms with E-state index in [1.807, 2.05) is 25.3 Å². The number of pyridine rings is 1. The summed E-state index contributed by atoms with van der Waals surface area (Å²) >= 11 is 0. The van der Waals surface area contributed by atoms with Gasteiger partial charge in [-0.05, 0) is 61.7 Å². The zero-order valence-electron chi connectivity index (χ0n) is 24.0. The van der Waals surface area contributed by atoms with Crippen LogP contribution in [0.25, 0.3) is 22.2 Å². The lowest BCUT2D eigenvalue weighted by atomic mass is 9.78. The minimum Gasteiger partial charge on any atom is -0.423 e. The molecule has 3 heterocycles. The number of hydrogen-bond acceptors (Lipinski definition) is 7. The molecule has 9 heteroatoms. The molecule has 2 aromatic heterocycles. The van der Waals surface area contributed by atoms with Gasteiger partial charge in [0.25, 0.3) is 0 Å². The highest BCUT2D eigenvalue weighted by Gasteiger charge is 2.32. The number of hydrogen-bond donors (Lipinski definition) is 3. The average molecular weight is 535 g/mol. The zero-order valence-corrected chi connectivity index (χ0v) is 24.0. The van der Waals surface area contributed by atoms with Crippen molar-refractivity contribution in [3.63, 3.8) is 0 Å². The molecule has 1 atom stereocenters. The Morgan fingerprint density at radius 1 is 1.13 bits per heavy atom. The molecular weight excluding hydrogens is 491 g/mol. The van der Waals surface area contributed by atoms with Crippen molar-refractivity contribution in [2.45, 2.75) is 65.6 Å². The van der Waals surface area contributed by atoms with Crippen molar-refractivity contribution < 1.29 is 19.9 Å². The Hall–Kier alpha value is -2.43. The summed E-state index contributed by atoms with van der Waals surface area (Å²) in [6, 6.07) is 8.68. The van der Waals surface area contributed by atoms with Gasteiger partial charge in [0.15, 0.2) is 0 Å². The number of rotatable bonds is 10. The molecule has 1 saturated heterocycles. The number of fused-ring (bicyclic) bond motifs is 1. The first-order chi connectivity index (χ1) is 18.7.